The maximum atomic E-state index is 13.3. The summed E-state index contributed by atoms with van der Waals surface area (Å²) in [5.41, 5.74) is 0.727. The molecule has 0 N–H and O–H groups in total. The van der Waals surface area contributed by atoms with Gasteiger partial charge in [-0.1, -0.05) is 42.5 Å². The molecule has 2 amide bonds. The number of hydrogen-bond donors (Lipinski definition) is 0. The van der Waals surface area contributed by atoms with Gasteiger partial charge in [-0.25, -0.2) is 4.79 Å². The first-order valence-electron chi connectivity index (χ1n) is 11.4. The Bertz CT molecular complexity index is 1210. The van der Waals surface area contributed by atoms with E-state index in [0.29, 0.717) is 0 Å². The molecular weight excluding hydrogens is 452 g/mol. The number of hydrogen-bond acceptors (Lipinski definition) is 7. The van der Waals surface area contributed by atoms with Gasteiger partial charge in [-0.15, -0.1) is 0 Å². The second-order valence-electron chi connectivity index (χ2n) is 9.09. The zero-order valence-electron chi connectivity index (χ0n) is 18.6. The maximum Gasteiger partial charge on any atom is 0.330 e. The van der Waals surface area contributed by atoms with Crippen LogP contribution in [0.5, 0.6) is 0 Å². The number of esters is 1. The molecule has 5 atom stereocenters. The number of carbonyl (C=O) groups excluding carboxylic acids is 4. The van der Waals surface area contributed by atoms with E-state index >= 15 is 0 Å². The predicted octanol–water partition coefficient (Wildman–Crippen LogP) is 2.74. The first-order chi connectivity index (χ1) is 16.8. The number of Topliss-reactive ketones (excluding diaryl/α,β-unsaturated/α-hetero) is 1. The van der Waals surface area contributed by atoms with Crippen LogP contribution in [0.3, 0.4) is 0 Å². The molecule has 2 aromatic rings. The fourth-order valence-electron chi connectivity index (χ4n) is 5.44. The van der Waals surface area contributed by atoms with Gasteiger partial charge in [-0.05, 0) is 36.0 Å². The number of benzene rings is 2. The molecule has 0 spiro atoms. The van der Waals surface area contributed by atoms with E-state index in [-0.39, 0.29) is 41.3 Å². The Morgan fingerprint density at radius 1 is 0.971 bits per heavy atom. The van der Waals surface area contributed by atoms with E-state index in [0.717, 1.165) is 16.9 Å². The lowest BCUT2D eigenvalue weighted by Gasteiger charge is -2.26. The van der Waals surface area contributed by atoms with Crippen molar-refractivity contribution in [3.63, 3.8) is 0 Å². The second-order valence-corrected chi connectivity index (χ2v) is 9.09. The van der Waals surface area contributed by atoms with Crippen molar-refractivity contribution in [1.29, 1.82) is 0 Å². The lowest BCUT2D eigenvalue weighted by molar-refractivity contribution is -0.384. The minimum absolute atomic E-state index is 0.00330. The van der Waals surface area contributed by atoms with Crippen molar-refractivity contribution >= 4 is 29.3 Å². The van der Waals surface area contributed by atoms with E-state index in [1.165, 1.54) is 24.3 Å². The molecule has 0 unspecified atom stereocenters. The smallest absolute Gasteiger partial charge is 0.330 e. The molecule has 9 nitrogen and oxygen atoms in total. The Morgan fingerprint density at radius 3 is 2.14 bits per heavy atom. The van der Waals surface area contributed by atoms with Gasteiger partial charge in [0.15, 0.2) is 12.4 Å². The van der Waals surface area contributed by atoms with Crippen molar-refractivity contribution in [2.75, 3.05) is 6.61 Å². The standard InChI is InChI=1S/C26H22N2O7/c29-21(16-8-10-19(11-9-16)28(33)34)14-35-26(32)20(12-15-4-2-1-3-5-15)27-24(30)22-17-6-7-18(13-17)23(22)25(27)31/h1-11,17-18,20,22-23H,12-14H2/t17-,18-,20+,22-,23-/m0/s1. The highest BCUT2D eigenvalue weighted by Crippen LogP contribution is 2.53. The van der Waals surface area contributed by atoms with Gasteiger partial charge >= 0.3 is 5.97 Å². The highest BCUT2D eigenvalue weighted by atomic mass is 16.6. The fraction of sp³-hybridized carbons (Fsp3) is 0.308. The van der Waals surface area contributed by atoms with E-state index in [9.17, 15) is 29.3 Å². The summed E-state index contributed by atoms with van der Waals surface area (Å²) in [6.45, 7) is -0.613. The molecule has 1 heterocycles. The first kappa shape index (κ1) is 22.6. The van der Waals surface area contributed by atoms with Gasteiger partial charge in [0.1, 0.15) is 6.04 Å². The topological polar surface area (TPSA) is 124 Å². The summed E-state index contributed by atoms with van der Waals surface area (Å²) in [6, 6.07) is 12.8. The number of nitro benzene ring substituents is 1. The monoisotopic (exact) mass is 474 g/mol. The zero-order chi connectivity index (χ0) is 24.7. The number of rotatable bonds is 8. The van der Waals surface area contributed by atoms with Crippen LogP contribution in [0.2, 0.25) is 0 Å². The highest BCUT2D eigenvalue weighted by Gasteiger charge is 2.61. The Labute approximate surface area is 200 Å². The first-order valence-corrected chi connectivity index (χ1v) is 11.4. The summed E-state index contributed by atoms with van der Waals surface area (Å²) in [5, 5.41) is 10.8. The molecule has 2 fully saturated rings. The Hall–Kier alpha value is -4.14. The third-order valence-electron chi connectivity index (χ3n) is 7.11. The summed E-state index contributed by atoms with van der Waals surface area (Å²) < 4.78 is 5.29. The number of allylic oxidation sites excluding steroid dienone is 2. The Balaban J connectivity index is 1.34. The minimum atomic E-state index is -1.19. The molecule has 9 heteroatoms. The summed E-state index contributed by atoms with van der Waals surface area (Å²) in [7, 11) is 0. The van der Waals surface area contributed by atoms with Gasteiger partial charge in [0.05, 0.1) is 16.8 Å². The van der Waals surface area contributed by atoms with Gasteiger partial charge in [-0.3, -0.25) is 29.4 Å². The van der Waals surface area contributed by atoms with Crippen molar-refractivity contribution < 1.29 is 28.8 Å². The van der Waals surface area contributed by atoms with Crippen molar-refractivity contribution in [3.8, 4) is 0 Å². The third-order valence-corrected chi connectivity index (χ3v) is 7.11. The van der Waals surface area contributed by atoms with Gasteiger partial charge < -0.3 is 4.74 Å². The summed E-state index contributed by atoms with van der Waals surface area (Å²) in [6.07, 6.45) is 4.81. The van der Waals surface area contributed by atoms with Crippen LogP contribution in [0, 0.1) is 33.8 Å². The van der Waals surface area contributed by atoms with Crippen molar-refractivity contribution in [2.24, 2.45) is 23.7 Å². The molecule has 0 radical (unpaired) electrons. The molecule has 2 aliphatic carbocycles. The van der Waals surface area contributed by atoms with Crippen molar-refractivity contribution in [1.82, 2.24) is 4.90 Å². The maximum absolute atomic E-state index is 13.3. The summed E-state index contributed by atoms with van der Waals surface area (Å²) >= 11 is 0. The van der Waals surface area contributed by atoms with E-state index in [2.05, 4.69) is 0 Å². The SMILES string of the molecule is O=C(COC(=O)[C@@H](Cc1ccccc1)N1C(=O)[C@@H]2[C@@H](C1=O)[C@H]1C=C[C@H]2C1)c1ccc([N+](=O)[O-])cc1. The van der Waals surface area contributed by atoms with E-state index in [1.807, 2.05) is 18.2 Å². The van der Waals surface area contributed by atoms with Crippen LogP contribution < -0.4 is 0 Å². The quantitative estimate of drug-likeness (QED) is 0.144. The molecule has 3 aliphatic rings. The fourth-order valence-corrected chi connectivity index (χ4v) is 5.44. The number of ketones is 1. The number of fused-ring (bicyclic) bond motifs is 5. The number of likely N-dealkylation sites (tertiary alicyclic amines) is 1. The molecule has 178 valence electrons. The van der Waals surface area contributed by atoms with Gasteiger partial charge in [0, 0.05) is 24.1 Å². The van der Waals surface area contributed by atoms with E-state index in [4.69, 9.17) is 4.74 Å². The number of imide groups is 1. The van der Waals surface area contributed by atoms with Crippen LogP contribution in [0.15, 0.2) is 66.7 Å². The summed E-state index contributed by atoms with van der Waals surface area (Å²) in [4.78, 5) is 63.6. The number of amides is 2. The average Bonchev–Trinajstić information content (AvgIpc) is 3.55. The number of non-ortho nitro benzene ring substituents is 1. The molecule has 35 heavy (non-hydrogen) atoms. The van der Waals surface area contributed by atoms with Crippen LogP contribution in [-0.2, 0) is 25.5 Å². The van der Waals surface area contributed by atoms with Gasteiger partial charge in [0.2, 0.25) is 11.8 Å². The molecule has 1 saturated heterocycles. The van der Waals surface area contributed by atoms with Crippen LogP contribution in [0.4, 0.5) is 5.69 Å². The summed E-state index contributed by atoms with van der Waals surface area (Å²) in [5.74, 6) is -3.02. The molecular formula is C26H22N2O7. The van der Waals surface area contributed by atoms with Crippen molar-refractivity contribution in [3.05, 3.63) is 88.0 Å². The third kappa shape index (κ3) is 4.03. The van der Waals surface area contributed by atoms with Crippen LogP contribution in [0.1, 0.15) is 22.3 Å². The minimum Gasteiger partial charge on any atom is -0.456 e. The molecule has 5 rings (SSSR count). The Morgan fingerprint density at radius 2 is 1.57 bits per heavy atom. The molecule has 0 aromatic heterocycles. The highest BCUT2D eigenvalue weighted by molar-refractivity contribution is 6.09. The van der Waals surface area contributed by atoms with Gasteiger partial charge in [-0.2, -0.15) is 0 Å². The van der Waals surface area contributed by atoms with Crippen LogP contribution >= 0.6 is 0 Å². The number of nitro groups is 1. The zero-order valence-corrected chi connectivity index (χ0v) is 18.6. The molecule has 2 aromatic carbocycles. The van der Waals surface area contributed by atoms with Gasteiger partial charge in [0.25, 0.3) is 5.69 Å². The molecule has 1 aliphatic heterocycles. The lowest BCUT2D eigenvalue weighted by atomic mass is 9.85. The van der Waals surface area contributed by atoms with E-state index in [1.54, 1.807) is 24.3 Å². The number of nitrogens with zero attached hydrogens (tertiary/aromatic N) is 2. The number of carbonyl (C=O) groups is 4. The normalized spacial score (nSPS) is 25.0. The molecule has 1 saturated carbocycles. The predicted molar refractivity (Wildman–Crippen MR) is 122 cm³/mol. The second kappa shape index (κ2) is 8.90. The molecule has 2 bridgehead atoms. The Kier molecular flexibility index (Phi) is 5.76. The number of ether oxygens (including phenoxy) is 1. The average molecular weight is 474 g/mol. The van der Waals surface area contributed by atoms with E-state index < -0.39 is 41.2 Å². The largest absolute Gasteiger partial charge is 0.456 e. The lowest BCUT2D eigenvalue weighted by Crippen LogP contribution is -2.48. The van der Waals surface area contributed by atoms with Crippen LogP contribution in [0.25, 0.3) is 0 Å². The van der Waals surface area contributed by atoms with Crippen molar-refractivity contribution in [2.45, 2.75) is 18.9 Å². The van der Waals surface area contributed by atoms with Crippen LogP contribution in [-0.4, -0.2) is 46.0 Å².